The molecule has 0 aliphatic carbocycles. The third kappa shape index (κ3) is 3.24. The lowest BCUT2D eigenvalue weighted by atomic mass is 10.0. The summed E-state index contributed by atoms with van der Waals surface area (Å²) in [6.45, 7) is 8.60. The molecular weight excluding hydrogens is 340 g/mol. The van der Waals surface area contributed by atoms with Crippen molar-refractivity contribution < 1.29 is 9.47 Å². The molecule has 0 fully saturated rings. The number of nitrogens with zero attached hydrogens (tertiary/aromatic N) is 4. The first kappa shape index (κ1) is 19.1. The van der Waals surface area contributed by atoms with Gasteiger partial charge in [-0.05, 0) is 37.5 Å². The zero-order valence-corrected chi connectivity index (χ0v) is 17.0. The largest absolute Gasteiger partial charge is 0.493 e. The number of benzene rings is 1. The second-order valence-corrected chi connectivity index (χ2v) is 6.64. The highest BCUT2D eigenvalue weighted by atomic mass is 16.5. The summed E-state index contributed by atoms with van der Waals surface area (Å²) in [5.74, 6) is 2.44. The first-order valence-corrected chi connectivity index (χ1v) is 9.54. The number of methoxy groups -OCH3 is 2. The van der Waals surface area contributed by atoms with Gasteiger partial charge in [-0.1, -0.05) is 20.8 Å². The molecule has 0 amide bonds. The van der Waals surface area contributed by atoms with Crippen molar-refractivity contribution in [2.24, 2.45) is 0 Å². The number of rotatable bonds is 7. The molecule has 6 nitrogen and oxygen atoms in total. The normalized spacial score (nSPS) is 11.4. The molecule has 2 heterocycles. The zero-order valence-electron chi connectivity index (χ0n) is 17.0. The number of ether oxygens (including phenoxy) is 2. The Labute approximate surface area is 160 Å². The van der Waals surface area contributed by atoms with Gasteiger partial charge in [0.1, 0.15) is 23.4 Å². The van der Waals surface area contributed by atoms with Crippen LogP contribution in [0.4, 0.5) is 0 Å². The molecule has 144 valence electrons. The predicted octanol–water partition coefficient (Wildman–Crippen LogP) is 4.74. The molecule has 0 spiro atoms. The van der Waals surface area contributed by atoms with Crippen LogP contribution in [0.15, 0.2) is 18.5 Å². The molecule has 0 aliphatic rings. The Morgan fingerprint density at radius 2 is 1.67 bits per heavy atom. The number of imidazole rings is 1. The summed E-state index contributed by atoms with van der Waals surface area (Å²) >= 11 is 0. The molecule has 2 aromatic heterocycles. The standard InChI is InChI=1S/C21H28N4O2/c1-7-14(8-2)25-18(9-3)24-20-19(22-12-23-21(20)25)15-11-17(27-6)16(26-5)10-13(15)4/h10-12,14H,7-9H2,1-6H3. The van der Waals surface area contributed by atoms with Crippen LogP contribution in [0.3, 0.4) is 0 Å². The fourth-order valence-electron chi connectivity index (χ4n) is 3.67. The summed E-state index contributed by atoms with van der Waals surface area (Å²) in [6.07, 6.45) is 4.58. The van der Waals surface area contributed by atoms with Crippen molar-refractivity contribution in [3.05, 3.63) is 29.8 Å². The fourth-order valence-corrected chi connectivity index (χ4v) is 3.67. The Morgan fingerprint density at radius 1 is 1.00 bits per heavy atom. The monoisotopic (exact) mass is 368 g/mol. The second-order valence-electron chi connectivity index (χ2n) is 6.64. The summed E-state index contributed by atoms with van der Waals surface area (Å²) in [7, 11) is 3.29. The van der Waals surface area contributed by atoms with Crippen LogP contribution in [-0.4, -0.2) is 33.7 Å². The molecule has 0 saturated heterocycles. The lowest BCUT2D eigenvalue weighted by Crippen LogP contribution is -2.11. The van der Waals surface area contributed by atoms with Crippen LogP contribution in [0.1, 0.15) is 51.0 Å². The van der Waals surface area contributed by atoms with Crippen LogP contribution in [-0.2, 0) is 6.42 Å². The number of hydrogen-bond donors (Lipinski definition) is 0. The van der Waals surface area contributed by atoms with E-state index in [1.807, 2.05) is 19.1 Å². The maximum absolute atomic E-state index is 5.49. The van der Waals surface area contributed by atoms with Crippen molar-refractivity contribution in [3.8, 4) is 22.8 Å². The van der Waals surface area contributed by atoms with Crippen LogP contribution in [0.5, 0.6) is 11.5 Å². The first-order chi connectivity index (χ1) is 13.1. The van der Waals surface area contributed by atoms with Gasteiger partial charge in [-0.2, -0.15) is 0 Å². The molecular formula is C21H28N4O2. The Morgan fingerprint density at radius 3 is 2.26 bits per heavy atom. The highest BCUT2D eigenvalue weighted by Gasteiger charge is 2.21. The van der Waals surface area contributed by atoms with Crippen molar-refractivity contribution in [3.63, 3.8) is 0 Å². The van der Waals surface area contributed by atoms with Crippen molar-refractivity contribution in [2.45, 2.75) is 53.0 Å². The minimum atomic E-state index is 0.388. The smallest absolute Gasteiger partial charge is 0.164 e. The van der Waals surface area contributed by atoms with Gasteiger partial charge in [-0.25, -0.2) is 15.0 Å². The topological polar surface area (TPSA) is 62.1 Å². The SMILES string of the molecule is CCc1nc2c(-c3cc(OC)c(OC)cc3C)ncnc2n1C(CC)CC. The van der Waals surface area contributed by atoms with Gasteiger partial charge >= 0.3 is 0 Å². The summed E-state index contributed by atoms with van der Waals surface area (Å²) in [5.41, 5.74) is 4.62. The Hall–Kier alpha value is -2.63. The minimum Gasteiger partial charge on any atom is -0.493 e. The quantitative estimate of drug-likeness (QED) is 0.603. The minimum absolute atomic E-state index is 0.388. The average molecular weight is 368 g/mol. The van der Waals surface area contributed by atoms with Crippen molar-refractivity contribution in [1.82, 2.24) is 19.5 Å². The van der Waals surface area contributed by atoms with Crippen LogP contribution in [0, 0.1) is 6.92 Å². The summed E-state index contributed by atoms with van der Waals surface area (Å²) < 4.78 is 13.2. The molecule has 0 saturated carbocycles. The van der Waals surface area contributed by atoms with Gasteiger partial charge in [-0.3, -0.25) is 0 Å². The number of aryl methyl sites for hydroxylation is 2. The van der Waals surface area contributed by atoms with E-state index in [0.717, 1.165) is 53.1 Å². The highest BCUT2D eigenvalue weighted by Crippen LogP contribution is 2.37. The molecule has 1 aromatic carbocycles. The molecule has 6 heteroatoms. The average Bonchev–Trinajstić information content (AvgIpc) is 3.07. The molecule has 0 bridgehead atoms. The van der Waals surface area contributed by atoms with E-state index in [0.29, 0.717) is 17.5 Å². The Kier molecular flexibility index (Phi) is 5.63. The predicted molar refractivity (Wildman–Crippen MR) is 108 cm³/mol. The van der Waals surface area contributed by atoms with Gasteiger partial charge in [0.25, 0.3) is 0 Å². The van der Waals surface area contributed by atoms with E-state index in [2.05, 4.69) is 35.3 Å². The summed E-state index contributed by atoms with van der Waals surface area (Å²) in [4.78, 5) is 14.1. The van der Waals surface area contributed by atoms with Crippen LogP contribution in [0.25, 0.3) is 22.4 Å². The van der Waals surface area contributed by atoms with Crippen LogP contribution >= 0.6 is 0 Å². The van der Waals surface area contributed by atoms with E-state index in [9.17, 15) is 0 Å². The Bertz CT molecular complexity index is 945. The lowest BCUT2D eigenvalue weighted by Gasteiger charge is -2.17. The highest BCUT2D eigenvalue weighted by molar-refractivity contribution is 5.89. The van der Waals surface area contributed by atoms with E-state index >= 15 is 0 Å². The van der Waals surface area contributed by atoms with Crippen LogP contribution < -0.4 is 9.47 Å². The van der Waals surface area contributed by atoms with Gasteiger partial charge in [0.05, 0.1) is 14.2 Å². The van der Waals surface area contributed by atoms with E-state index in [1.165, 1.54) is 0 Å². The molecule has 0 N–H and O–H groups in total. The van der Waals surface area contributed by atoms with E-state index in [-0.39, 0.29) is 0 Å². The van der Waals surface area contributed by atoms with Crippen LogP contribution in [0.2, 0.25) is 0 Å². The van der Waals surface area contributed by atoms with Gasteiger partial charge in [0.2, 0.25) is 0 Å². The van der Waals surface area contributed by atoms with Crippen molar-refractivity contribution in [1.29, 1.82) is 0 Å². The van der Waals surface area contributed by atoms with Crippen molar-refractivity contribution in [2.75, 3.05) is 14.2 Å². The molecule has 27 heavy (non-hydrogen) atoms. The van der Waals surface area contributed by atoms with Gasteiger partial charge in [0, 0.05) is 18.0 Å². The lowest BCUT2D eigenvalue weighted by molar-refractivity contribution is 0.355. The third-order valence-corrected chi connectivity index (χ3v) is 5.16. The maximum atomic E-state index is 5.49. The van der Waals surface area contributed by atoms with E-state index in [1.54, 1.807) is 20.5 Å². The van der Waals surface area contributed by atoms with E-state index < -0.39 is 0 Å². The first-order valence-electron chi connectivity index (χ1n) is 9.54. The van der Waals surface area contributed by atoms with E-state index in [4.69, 9.17) is 14.5 Å². The van der Waals surface area contributed by atoms with Crippen molar-refractivity contribution >= 4 is 11.2 Å². The zero-order chi connectivity index (χ0) is 19.6. The summed E-state index contributed by atoms with van der Waals surface area (Å²) in [5, 5.41) is 0. The molecule has 0 aliphatic heterocycles. The number of fused-ring (bicyclic) bond motifs is 1. The molecule has 0 atom stereocenters. The third-order valence-electron chi connectivity index (χ3n) is 5.16. The molecule has 3 aromatic rings. The molecule has 3 rings (SSSR count). The van der Waals surface area contributed by atoms with Gasteiger partial charge in [0.15, 0.2) is 17.1 Å². The fraction of sp³-hybridized carbons (Fsp3) is 0.476. The second kappa shape index (κ2) is 7.94. The van der Waals surface area contributed by atoms with Gasteiger partial charge < -0.3 is 14.0 Å². The Balaban J connectivity index is 2.28. The maximum Gasteiger partial charge on any atom is 0.164 e. The molecule has 0 unspecified atom stereocenters. The number of hydrogen-bond acceptors (Lipinski definition) is 5. The van der Waals surface area contributed by atoms with Gasteiger partial charge in [-0.15, -0.1) is 0 Å². The molecule has 0 radical (unpaired) electrons. The summed E-state index contributed by atoms with van der Waals surface area (Å²) in [6, 6.07) is 4.33. The number of aromatic nitrogens is 4.